The van der Waals surface area contributed by atoms with Crippen LogP contribution in [-0.4, -0.2) is 53.8 Å². The average molecular weight is 320 g/mol. The van der Waals surface area contributed by atoms with Gasteiger partial charge in [0.2, 0.25) is 5.91 Å². The summed E-state index contributed by atoms with van der Waals surface area (Å²) in [5, 5.41) is 10.3. The number of carbonyl (C=O) groups excluding carboxylic acids is 1. The van der Waals surface area contributed by atoms with Crippen LogP contribution in [-0.2, 0) is 16.0 Å². The Kier molecular flexibility index (Phi) is 5.02. The fraction of sp³-hybridized carbons (Fsp3) is 0.500. The summed E-state index contributed by atoms with van der Waals surface area (Å²) in [5.74, 6) is 0.136. The van der Waals surface area contributed by atoms with E-state index in [4.69, 9.17) is 4.74 Å². The number of aliphatic hydroxyl groups excluding tert-OH is 1. The highest BCUT2D eigenvalue weighted by molar-refractivity contribution is 7.18. The smallest absolute Gasteiger partial charge is 0.223 e. The maximum Gasteiger partial charge on any atom is 0.223 e. The molecule has 2 aromatic rings. The molecular formula is C16H20N2O3S. The Morgan fingerprint density at radius 1 is 1.45 bits per heavy atom. The Hall–Kier alpha value is -1.50. The number of ether oxygens (including phenoxy) is 1. The molecule has 1 aliphatic rings. The van der Waals surface area contributed by atoms with E-state index in [1.165, 1.54) is 0 Å². The molecule has 0 spiro atoms. The number of nitrogens with zero attached hydrogens (tertiary/aromatic N) is 2. The lowest BCUT2D eigenvalue weighted by Gasteiger charge is -2.22. The van der Waals surface area contributed by atoms with Gasteiger partial charge in [-0.2, -0.15) is 0 Å². The number of amides is 1. The van der Waals surface area contributed by atoms with E-state index >= 15 is 0 Å². The quantitative estimate of drug-likeness (QED) is 0.931. The molecule has 1 aromatic carbocycles. The van der Waals surface area contributed by atoms with Crippen LogP contribution in [0.4, 0.5) is 0 Å². The van der Waals surface area contributed by atoms with Crippen LogP contribution in [0.15, 0.2) is 24.3 Å². The lowest BCUT2D eigenvalue weighted by Crippen LogP contribution is -2.36. The zero-order chi connectivity index (χ0) is 15.4. The van der Waals surface area contributed by atoms with Crippen LogP contribution in [0.1, 0.15) is 11.4 Å². The van der Waals surface area contributed by atoms with Crippen molar-refractivity contribution in [1.82, 2.24) is 9.88 Å². The molecular weight excluding hydrogens is 300 g/mol. The van der Waals surface area contributed by atoms with Crippen molar-refractivity contribution in [2.75, 3.05) is 32.9 Å². The predicted molar refractivity (Wildman–Crippen MR) is 85.9 cm³/mol. The minimum absolute atomic E-state index is 0.0221. The first-order valence-electron chi connectivity index (χ1n) is 7.57. The highest BCUT2D eigenvalue weighted by atomic mass is 32.1. The highest BCUT2D eigenvalue weighted by Crippen LogP contribution is 2.22. The number of carbonyl (C=O) groups is 1. The van der Waals surface area contributed by atoms with E-state index in [1.54, 1.807) is 16.2 Å². The SMILES string of the molecule is O=C(CCc1nc2ccccc2s1)N1CCOCC(CO)C1. The molecule has 118 valence electrons. The number of fused-ring (bicyclic) bond motifs is 1. The van der Waals surface area contributed by atoms with Gasteiger partial charge in [0.25, 0.3) is 0 Å². The van der Waals surface area contributed by atoms with Gasteiger partial charge in [0.05, 0.1) is 28.4 Å². The molecule has 1 amide bonds. The first-order chi connectivity index (χ1) is 10.8. The molecule has 1 aromatic heterocycles. The largest absolute Gasteiger partial charge is 0.396 e. The second-order valence-electron chi connectivity index (χ2n) is 5.54. The minimum atomic E-state index is 0.0221. The molecule has 22 heavy (non-hydrogen) atoms. The summed E-state index contributed by atoms with van der Waals surface area (Å²) in [6.45, 7) is 2.31. The number of hydrogen-bond acceptors (Lipinski definition) is 5. The fourth-order valence-electron chi connectivity index (χ4n) is 2.62. The Morgan fingerprint density at radius 2 is 2.32 bits per heavy atom. The van der Waals surface area contributed by atoms with Gasteiger partial charge in [0, 0.05) is 38.5 Å². The highest BCUT2D eigenvalue weighted by Gasteiger charge is 2.22. The zero-order valence-electron chi connectivity index (χ0n) is 12.4. The molecule has 1 unspecified atom stereocenters. The molecule has 1 atom stereocenters. The van der Waals surface area contributed by atoms with Crippen molar-refractivity contribution in [3.8, 4) is 0 Å². The zero-order valence-corrected chi connectivity index (χ0v) is 13.2. The van der Waals surface area contributed by atoms with E-state index in [1.807, 2.05) is 18.2 Å². The summed E-state index contributed by atoms with van der Waals surface area (Å²) >= 11 is 1.65. The van der Waals surface area contributed by atoms with Crippen molar-refractivity contribution in [3.05, 3.63) is 29.3 Å². The molecule has 5 nitrogen and oxygen atoms in total. The summed E-state index contributed by atoms with van der Waals surface area (Å²) in [6, 6.07) is 8.02. The second-order valence-corrected chi connectivity index (χ2v) is 6.65. The van der Waals surface area contributed by atoms with Gasteiger partial charge in [0.15, 0.2) is 0 Å². The van der Waals surface area contributed by atoms with Crippen LogP contribution in [0, 0.1) is 5.92 Å². The Morgan fingerprint density at radius 3 is 3.14 bits per heavy atom. The van der Waals surface area contributed by atoms with Crippen LogP contribution in [0.2, 0.25) is 0 Å². The second kappa shape index (κ2) is 7.17. The minimum Gasteiger partial charge on any atom is -0.396 e. The molecule has 6 heteroatoms. The summed E-state index contributed by atoms with van der Waals surface area (Å²) in [5.41, 5.74) is 0.999. The number of para-hydroxylation sites is 1. The summed E-state index contributed by atoms with van der Waals surface area (Å²) in [7, 11) is 0. The van der Waals surface area contributed by atoms with E-state index in [0.717, 1.165) is 15.2 Å². The van der Waals surface area contributed by atoms with Crippen LogP contribution in [0.3, 0.4) is 0 Å². The van der Waals surface area contributed by atoms with Gasteiger partial charge in [-0.25, -0.2) is 4.98 Å². The van der Waals surface area contributed by atoms with Gasteiger partial charge in [-0.3, -0.25) is 4.79 Å². The number of benzene rings is 1. The third kappa shape index (κ3) is 3.63. The fourth-order valence-corrected chi connectivity index (χ4v) is 3.58. The van der Waals surface area contributed by atoms with Gasteiger partial charge in [-0.15, -0.1) is 11.3 Å². The molecule has 3 rings (SSSR count). The van der Waals surface area contributed by atoms with E-state index in [-0.39, 0.29) is 18.4 Å². The molecule has 1 aliphatic heterocycles. The van der Waals surface area contributed by atoms with Crippen LogP contribution < -0.4 is 0 Å². The summed E-state index contributed by atoms with van der Waals surface area (Å²) < 4.78 is 6.58. The molecule has 1 N–H and O–H groups in total. The monoisotopic (exact) mass is 320 g/mol. The first-order valence-corrected chi connectivity index (χ1v) is 8.38. The van der Waals surface area contributed by atoms with E-state index in [9.17, 15) is 9.90 Å². The lowest BCUT2D eigenvalue weighted by molar-refractivity contribution is -0.131. The van der Waals surface area contributed by atoms with Gasteiger partial charge >= 0.3 is 0 Å². The Bertz CT molecular complexity index is 610. The Balaban J connectivity index is 1.59. The number of thiazole rings is 1. The van der Waals surface area contributed by atoms with E-state index in [2.05, 4.69) is 11.1 Å². The average Bonchev–Trinajstić information content (AvgIpc) is 2.80. The van der Waals surface area contributed by atoms with Gasteiger partial charge in [-0.05, 0) is 12.1 Å². The molecule has 0 saturated carbocycles. The normalized spacial score (nSPS) is 19.3. The van der Waals surface area contributed by atoms with Crippen molar-refractivity contribution in [2.45, 2.75) is 12.8 Å². The molecule has 2 heterocycles. The third-order valence-electron chi connectivity index (χ3n) is 3.84. The van der Waals surface area contributed by atoms with Gasteiger partial charge in [0.1, 0.15) is 0 Å². The number of aromatic nitrogens is 1. The van der Waals surface area contributed by atoms with Gasteiger partial charge < -0.3 is 14.7 Å². The predicted octanol–water partition coefficient (Wildman–Crippen LogP) is 1.70. The number of hydrogen-bond donors (Lipinski definition) is 1. The van der Waals surface area contributed by atoms with E-state index < -0.39 is 0 Å². The third-order valence-corrected chi connectivity index (χ3v) is 4.94. The molecule has 1 fully saturated rings. The van der Waals surface area contributed by atoms with E-state index in [0.29, 0.717) is 39.1 Å². The number of aliphatic hydroxyl groups is 1. The van der Waals surface area contributed by atoms with Crippen LogP contribution in [0.5, 0.6) is 0 Å². The van der Waals surface area contributed by atoms with Crippen LogP contribution in [0.25, 0.3) is 10.2 Å². The van der Waals surface area contributed by atoms with Crippen molar-refractivity contribution in [3.63, 3.8) is 0 Å². The van der Waals surface area contributed by atoms with Crippen LogP contribution >= 0.6 is 11.3 Å². The molecule has 0 aliphatic carbocycles. The molecule has 0 radical (unpaired) electrons. The summed E-state index contributed by atoms with van der Waals surface area (Å²) in [4.78, 5) is 18.7. The molecule has 1 saturated heterocycles. The summed E-state index contributed by atoms with van der Waals surface area (Å²) in [6.07, 6.45) is 1.12. The van der Waals surface area contributed by atoms with Gasteiger partial charge in [-0.1, -0.05) is 12.1 Å². The number of rotatable bonds is 4. The first kappa shape index (κ1) is 15.4. The Labute approximate surface area is 133 Å². The number of aryl methyl sites for hydroxylation is 1. The molecule has 0 bridgehead atoms. The lowest BCUT2D eigenvalue weighted by atomic mass is 10.1. The van der Waals surface area contributed by atoms with Crippen molar-refractivity contribution < 1.29 is 14.6 Å². The topological polar surface area (TPSA) is 62.7 Å². The maximum atomic E-state index is 12.4. The maximum absolute atomic E-state index is 12.4. The standard InChI is InChI=1S/C16H20N2O3S/c19-10-12-9-18(7-8-21-11-12)16(20)6-5-15-17-13-3-1-2-4-14(13)22-15/h1-4,12,19H,5-11H2. The van der Waals surface area contributed by atoms with Crippen molar-refractivity contribution >= 4 is 27.5 Å². The van der Waals surface area contributed by atoms with Crippen molar-refractivity contribution in [2.24, 2.45) is 5.92 Å². The van der Waals surface area contributed by atoms with Crippen molar-refractivity contribution in [1.29, 1.82) is 0 Å².